The summed E-state index contributed by atoms with van der Waals surface area (Å²) in [5.41, 5.74) is 6.76. The highest BCUT2D eigenvalue weighted by Crippen LogP contribution is 2.18. The molecule has 0 spiro atoms. The number of rotatable bonds is 4. The van der Waals surface area contributed by atoms with Crippen LogP contribution < -0.4 is 5.32 Å². The number of fused-ring (bicyclic) bond motifs is 1. The average molecular weight is 447 g/mol. The van der Waals surface area contributed by atoms with E-state index in [0.29, 0.717) is 12.1 Å². The van der Waals surface area contributed by atoms with Crippen molar-refractivity contribution in [2.75, 3.05) is 5.32 Å². The summed E-state index contributed by atoms with van der Waals surface area (Å²) in [7, 11) is 0. The molecular weight excluding hydrogens is 424 g/mol. The van der Waals surface area contributed by atoms with Gasteiger partial charge in [-0.1, -0.05) is 18.1 Å². The molecule has 1 N–H and O–H groups in total. The predicted molar refractivity (Wildman–Crippen MR) is 131 cm³/mol. The van der Waals surface area contributed by atoms with Crippen LogP contribution in [0.15, 0.2) is 79.9 Å². The molecule has 34 heavy (non-hydrogen) atoms. The maximum Gasteiger partial charge on any atom is 0.255 e. The lowest BCUT2D eigenvalue weighted by Gasteiger charge is -2.11. The van der Waals surface area contributed by atoms with E-state index in [2.05, 4.69) is 38.2 Å². The number of aromatic nitrogens is 5. The molecule has 0 fully saturated rings. The minimum absolute atomic E-state index is 0.178. The van der Waals surface area contributed by atoms with Crippen LogP contribution in [-0.4, -0.2) is 29.8 Å². The summed E-state index contributed by atoms with van der Waals surface area (Å²) in [6.45, 7) is 4.68. The first-order valence-corrected chi connectivity index (χ1v) is 10.8. The Bertz CT molecular complexity index is 1550. The van der Waals surface area contributed by atoms with Gasteiger partial charge < -0.3 is 9.88 Å². The van der Waals surface area contributed by atoms with E-state index in [4.69, 9.17) is 0 Å². The van der Waals surface area contributed by atoms with Crippen LogP contribution >= 0.6 is 0 Å². The number of amides is 1. The Kier molecular flexibility index (Phi) is 5.63. The number of nitrogens with one attached hydrogen (secondary N) is 1. The first kappa shape index (κ1) is 21.2. The number of hydrogen-bond donors (Lipinski definition) is 1. The van der Waals surface area contributed by atoms with Crippen molar-refractivity contribution in [2.24, 2.45) is 0 Å². The largest absolute Gasteiger partial charge is 0.333 e. The summed E-state index contributed by atoms with van der Waals surface area (Å²) < 4.78 is 3.87. The molecule has 7 heteroatoms. The fourth-order valence-electron chi connectivity index (χ4n) is 3.78. The molecule has 5 rings (SSSR count). The zero-order valence-corrected chi connectivity index (χ0v) is 18.9. The molecule has 166 valence electrons. The Morgan fingerprint density at radius 3 is 2.74 bits per heavy atom. The first-order valence-electron chi connectivity index (χ1n) is 10.8. The van der Waals surface area contributed by atoms with Crippen molar-refractivity contribution in [1.82, 2.24) is 23.9 Å². The van der Waals surface area contributed by atoms with Crippen LogP contribution in [0.3, 0.4) is 0 Å². The van der Waals surface area contributed by atoms with Crippen molar-refractivity contribution in [3.05, 3.63) is 113 Å². The van der Waals surface area contributed by atoms with E-state index < -0.39 is 0 Å². The second-order valence-corrected chi connectivity index (χ2v) is 8.12. The Labute approximate surface area is 197 Å². The van der Waals surface area contributed by atoms with Gasteiger partial charge in [-0.3, -0.25) is 14.2 Å². The third kappa shape index (κ3) is 4.57. The predicted octanol–water partition coefficient (Wildman–Crippen LogP) is 4.24. The van der Waals surface area contributed by atoms with Crippen molar-refractivity contribution < 1.29 is 4.79 Å². The van der Waals surface area contributed by atoms with Crippen molar-refractivity contribution >= 4 is 17.2 Å². The topological polar surface area (TPSA) is 77.1 Å². The molecule has 0 radical (unpaired) electrons. The van der Waals surface area contributed by atoms with Crippen LogP contribution in [0.2, 0.25) is 0 Å². The molecule has 0 bridgehead atoms. The van der Waals surface area contributed by atoms with E-state index in [1.54, 1.807) is 31.1 Å². The van der Waals surface area contributed by atoms with Crippen LogP contribution in [0.4, 0.5) is 5.69 Å². The van der Waals surface area contributed by atoms with E-state index in [-0.39, 0.29) is 5.91 Å². The standard InChI is InChI=1S/C27H22N6O/c1-19-11-21(17-32-9-7-29-18-32)13-24(12-19)31-27(34)23-4-3-20(2)22(14-23)5-6-25-15-30-26-16-28-8-10-33(25)26/h3-4,7-16,18H,17H2,1-2H3,(H,31,34). The number of anilines is 1. The van der Waals surface area contributed by atoms with Gasteiger partial charge in [-0.05, 0) is 60.7 Å². The molecule has 3 aromatic heterocycles. The number of carbonyl (C=O) groups excluding carboxylic acids is 1. The Hall–Kier alpha value is -4.70. The Balaban J connectivity index is 1.38. The van der Waals surface area contributed by atoms with Crippen LogP contribution in [0.1, 0.15) is 38.3 Å². The Morgan fingerprint density at radius 2 is 1.88 bits per heavy atom. The van der Waals surface area contributed by atoms with Gasteiger partial charge in [-0.15, -0.1) is 0 Å². The third-order valence-corrected chi connectivity index (χ3v) is 5.46. The number of imidazole rings is 2. The molecule has 0 aliphatic rings. The van der Waals surface area contributed by atoms with Gasteiger partial charge in [0.25, 0.3) is 5.91 Å². The van der Waals surface area contributed by atoms with Crippen LogP contribution in [0, 0.1) is 25.7 Å². The monoisotopic (exact) mass is 446 g/mol. The summed E-state index contributed by atoms with van der Waals surface area (Å²) in [4.78, 5) is 25.5. The normalized spacial score (nSPS) is 10.6. The number of aryl methyl sites for hydroxylation is 2. The quantitative estimate of drug-likeness (QED) is 0.419. The van der Waals surface area contributed by atoms with Crippen molar-refractivity contribution in [2.45, 2.75) is 20.4 Å². The summed E-state index contributed by atoms with van der Waals surface area (Å²) >= 11 is 0. The van der Waals surface area contributed by atoms with E-state index in [0.717, 1.165) is 39.3 Å². The summed E-state index contributed by atoms with van der Waals surface area (Å²) in [5.74, 6) is 6.17. The number of carbonyl (C=O) groups is 1. The molecule has 2 aromatic carbocycles. The Morgan fingerprint density at radius 1 is 1.00 bits per heavy atom. The van der Waals surface area contributed by atoms with Gasteiger partial charge in [-0.2, -0.15) is 0 Å². The molecule has 0 aliphatic carbocycles. The fourth-order valence-corrected chi connectivity index (χ4v) is 3.78. The van der Waals surface area contributed by atoms with Crippen molar-refractivity contribution in [3.63, 3.8) is 0 Å². The SMILES string of the molecule is Cc1cc(Cn2ccnc2)cc(NC(=O)c2ccc(C)c(C#Cc3cnc4cnccn34)c2)c1. The smallest absolute Gasteiger partial charge is 0.255 e. The lowest BCUT2D eigenvalue weighted by molar-refractivity contribution is 0.102. The maximum atomic E-state index is 13.0. The second kappa shape index (κ2) is 9.04. The van der Waals surface area contributed by atoms with Gasteiger partial charge in [0, 0.05) is 48.1 Å². The van der Waals surface area contributed by atoms with Crippen LogP contribution in [-0.2, 0) is 6.54 Å². The molecule has 5 aromatic rings. The molecule has 0 unspecified atom stereocenters. The number of hydrogen-bond acceptors (Lipinski definition) is 4. The van der Waals surface area contributed by atoms with Crippen LogP contribution in [0.5, 0.6) is 0 Å². The van der Waals surface area contributed by atoms with E-state index in [1.165, 1.54) is 0 Å². The second-order valence-electron chi connectivity index (χ2n) is 8.12. The zero-order chi connectivity index (χ0) is 23.5. The van der Waals surface area contributed by atoms with Gasteiger partial charge in [0.15, 0.2) is 5.65 Å². The van der Waals surface area contributed by atoms with Gasteiger partial charge in [0.2, 0.25) is 0 Å². The van der Waals surface area contributed by atoms with E-state index in [9.17, 15) is 4.79 Å². The minimum Gasteiger partial charge on any atom is -0.333 e. The van der Waals surface area contributed by atoms with Crippen LogP contribution in [0.25, 0.3) is 5.65 Å². The molecule has 7 nitrogen and oxygen atoms in total. The van der Waals surface area contributed by atoms with Gasteiger partial charge in [0.05, 0.1) is 18.7 Å². The average Bonchev–Trinajstić information content (AvgIpc) is 3.48. The van der Waals surface area contributed by atoms with Gasteiger partial charge in [0.1, 0.15) is 5.69 Å². The number of benzene rings is 2. The van der Waals surface area contributed by atoms with E-state index >= 15 is 0 Å². The lowest BCUT2D eigenvalue weighted by Crippen LogP contribution is -2.13. The molecule has 0 aliphatic heterocycles. The lowest BCUT2D eigenvalue weighted by atomic mass is 10.0. The van der Waals surface area contributed by atoms with E-state index in [1.807, 2.05) is 65.5 Å². The molecule has 3 heterocycles. The maximum absolute atomic E-state index is 13.0. The van der Waals surface area contributed by atoms with Crippen molar-refractivity contribution in [1.29, 1.82) is 0 Å². The highest BCUT2D eigenvalue weighted by atomic mass is 16.1. The third-order valence-electron chi connectivity index (χ3n) is 5.46. The highest BCUT2D eigenvalue weighted by molar-refractivity contribution is 6.04. The summed E-state index contributed by atoms with van der Waals surface area (Å²) in [6.07, 6.45) is 12.4. The molecular formula is C27H22N6O. The summed E-state index contributed by atoms with van der Waals surface area (Å²) in [5, 5.41) is 3.03. The van der Waals surface area contributed by atoms with Crippen molar-refractivity contribution in [3.8, 4) is 11.8 Å². The first-order chi connectivity index (χ1) is 16.5. The highest BCUT2D eigenvalue weighted by Gasteiger charge is 2.10. The molecule has 0 saturated carbocycles. The minimum atomic E-state index is -0.178. The van der Waals surface area contributed by atoms with Gasteiger partial charge in [-0.25, -0.2) is 9.97 Å². The zero-order valence-electron chi connectivity index (χ0n) is 18.9. The molecule has 0 saturated heterocycles. The molecule has 1 amide bonds. The number of nitrogens with zero attached hydrogens (tertiary/aromatic N) is 5. The fraction of sp³-hybridized carbons (Fsp3) is 0.111. The van der Waals surface area contributed by atoms with Gasteiger partial charge >= 0.3 is 0 Å². The summed E-state index contributed by atoms with van der Waals surface area (Å²) in [6, 6.07) is 11.6. The molecule has 0 atom stereocenters.